The molecular formula is C17H20ClNO. The minimum absolute atomic E-state index is 0.218. The molecule has 1 atom stereocenters. The monoisotopic (exact) mass is 289 g/mol. The lowest BCUT2D eigenvalue weighted by atomic mass is 10.1. The van der Waals surface area contributed by atoms with Crippen LogP contribution in [0, 0.1) is 0 Å². The van der Waals surface area contributed by atoms with Crippen molar-refractivity contribution < 1.29 is 4.74 Å². The largest absolute Gasteiger partial charge is 0.494 e. The zero-order valence-corrected chi connectivity index (χ0v) is 12.7. The molecule has 0 aliphatic rings. The summed E-state index contributed by atoms with van der Waals surface area (Å²) in [4.78, 5) is 0. The van der Waals surface area contributed by atoms with Gasteiger partial charge in [0.05, 0.1) is 6.61 Å². The van der Waals surface area contributed by atoms with Crippen molar-refractivity contribution >= 4 is 11.6 Å². The predicted octanol–water partition coefficient (Wildman–Crippen LogP) is 4.59. The maximum atomic E-state index is 6.20. The molecule has 0 saturated carbocycles. The number of nitrogens with one attached hydrogen (secondary N) is 1. The van der Waals surface area contributed by atoms with E-state index in [9.17, 15) is 0 Å². The lowest BCUT2D eigenvalue weighted by molar-refractivity contribution is 0.340. The van der Waals surface area contributed by atoms with E-state index in [4.69, 9.17) is 16.3 Å². The molecule has 3 heteroatoms. The smallest absolute Gasteiger partial charge is 0.119 e. The SMILES string of the molecule is CCOc1ccc(CN[C@H](C)c2ccccc2Cl)cc1. The molecule has 0 spiro atoms. The van der Waals surface area contributed by atoms with E-state index in [1.807, 2.05) is 37.3 Å². The lowest BCUT2D eigenvalue weighted by Crippen LogP contribution is -2.18. The second-order valence-corrected chi connectivity index (χ2v) is 5.11. The topological polar surface area (TPSA) is 21.3 Å². The second kappa shape index (κ2) is 7.32. The molecule has 0 aromatic heterocycles. The first-order valence-corrected chi connectivity index (χ1v) is 7.28. The highest BCUT2D eigenvalue weighted by molar-refractivity contribution is 6.31. The van der Waals surface area contributed by atoms with Crippen molar-refractivity contribution in [2.24, 2.45) is 0 Å². The van der Waals surface area contributed by atoms with E-state index in [0.29, 0.717) is 6.61 Å². The van der Waals surface area contributed by atoms with Crippen molar-refractivity contribution in [1.29, 1.82) is 0 Å². The number of benzene rings is 2. The highest BCUT2D eigenvalue weighted by Crippen LogP contribution is 2.22. The molecule has 1 N–H and O–H groups in total. The third-order valence-electron chi connectivity index (χ3n) is 3.22. The van der Waals surface area contributed by atoms with Gasteiger partial charge in [0, 0.05) is 17.6 Å². The van der Waals surface area contributed by atoms with Crippen molar-refractivity contribution in [2.45, 2.75) is 26.4 Å². The van der Waals surface area contributed by atoms with Crippen LogP contribution in [0.5, 0.6) is 5.75 Å². The van der Waals surface area contributed by atoms with Gasteiger partial charge in [-0.15, -0.1) is 0 Å². The Morgan fingerprint density at radius 3 is 2.45 bits per heavy atom. The Balaban J connectivity index is 1.93. The first kappa shape index (κ1) is 14.9. The third kappa shape index (κ3) is 3.99. The minimum Gasteiger partial charge on any atom is -0.494 e. The van der Waals surface area contributed by atoms with Crippen LogP contribution in [0.15, 0.2) is 48.5 Å². The van der Waals surface area contributed by atoms with E-state index < -0.39 is 0 Å². The fourth-order valence-corrected chi connectivity index (χ4v) is 2.38. The van der Waals surface area contributed by atoms with Crippen molar-refractivity contribution in [3.05, 3.63) is 64.7 Å². The summed E-state index contributed by atoms with van der Waals surface area (Å²) >= 11 is 6.20. The molecule has 2 aromatic rings. The minimum atomic E-state index is 0.218. The fraction of sp³-hybridized carbons (Fsp3) is 0.294. The number of rotatable bonds is 6. The van der Waals surface area contributed by atoms with Crippen molar-refractivity contribution in [3.8, 4) is 5.75 Å². The van der Waals surface area contributed by atoms with Gasteiger partial charge in [0.15, 0.2) is 0 Å². The van der Waals surface area contributed by atoms with Crippen LogP contribution in [-0.2, 0) is 6.54 Å². The van der Waals surface area contributed by atoms with Gasteiger partial charge in [-0.05, 0) is 43.2 Å². The summed E-state index contributed by atoms with van der Waals surface area (Å²) in [6.07, 6.45) is 0. The Morgan fingerprint density at radius 1 is 1.10 bits per heavy atom. The van der Waals surface area contributed by atoms with Crippen LogP contribution in [0.25, 0.3) is 0 Å². The summed E-state index contributed by atoms with van der Waals surface area (Å²) < 4.78 is 5.43. The van der Waals surface area contributed by atoms with Crippen LogP contribution in [0.2, 0.25) is 5.02 Å². The van der Waals surface area contributed by atoms with Gasteiger partial charge in [-0.25, -0.2) is 0 Å². The van der Waals surface area contributed by atoms with Gasteiger partial charge >= 0.3 is 0 Å². The first-order valence-electron chi connectivity index (χ1n) is 6.90. The van der Waals surface area contributed by atoms with Crippen LogP contribution in [0.4, 0.5) is 0 Å². The Morgan fingerprint density at radius 2 is 1.80 bits per heavy atom. The van der Waals surface area contributed by atoms with E-state index in [-0.39, 0.29) is 6.04 Å². The Hall–Kier alpha value is -1.51. The number of hydrogen-bond donors (Lipinski definition) is 1. The van der Waals surface area contributed by atoms with E-state index in [1.54, 1.807) is 0 Å². The molecule has 20 heavy (non-hydrogen) atoms. The quantitative estimate of drug-likeness (QED) is 0.840. The lowest BCUT2D eigenvalue weighted by Gasteiger charge is -2.16. The van der Waals surface area contributed by atoms with E-state index in [2.05, 4.69) is 30.4 Å². The van der Waals surface area contributed by atoms with Crippen molar-refractivity contribution in [2.75, 3.05) is 6.61 Å². The molecule has 0 radical (unpaired) electrons. The maximum absolute atomic E-state index is 6.20. The van der Waals surface area contributed by atoms with Gasteiger partial charge in [-0.1, -0.05) is 41.9 Å². The summed E-state index contributed by atoms with van der Waals surface area (Å²) in [6, 6.07) is 16.3. The van der Waals surface area contributed by atoms with E-state index >= 15 is 0 Å². The first-order chi connectivity index (χ1) is 9.70. The Bertz CT molecular complexity index is 539. The third-order valence-corrected chi connectivity index (χ3v) is 3.56. The molecule has 0 saturated heterocycles. The standard InChI is InChI=1S/C17H20ClNO/c1-3-20-15-10-8-14(9-11-15)12-19-13(2)16-6-4-5-7-17(16)18/h4-11,13,19H,3,12H2,1-2H3/t13-/m1/s1. The van der Waals surface area contributed by atoms with Gasteiger partial charge in [0.2, 0.25) is 0 Å². The van der Waals surface area contributed by atoms with E-state index in [0.717, 1.165) is 22.9 Å². The molecule has 2 aromatic carbocycles. The number of halogens is 1. The number of ether oxygens (including phenoxy) is 1. The van der Waals surface area contributed by atoms with E-state index in [1.165, 1.54) is 5.56 Å². The Labute approximate surface area is 125 Å². The van der Waals surface area contributed by atoms with Gasteiger partial charge in [-0.2, -0.15) is 0 Å². The normalized spacial score (nSPS) is 12.2. The average Bonchev–Trinajstić information content (AvgIpc) is 2.47. The summed E-state index contributed by atoms with van der Waals surface area (Å²) in [5.41, 5.74) is 2.35. The highest BCUT2D eigenvalue weighted by Gasteiger charge is 2.08. The molecule has 0 amide bonds. The molecular weight excluding hydrogens is 270 g/mol. The van der Waals surface area contributed by atoms with Gasteiger partial charge in [-0.3, -0.25) is 0 Å². The summed E-state index contributed by atoms with van der Waals surface area (Å²) in [5.74, 6) is 0.912. The van der Waals surface area contributed by atoms with Crippen molar-refractivity contribution in [1.82, 2.24) is 5.32 Å². The number of hydrogen-bond acceptors (Lipinski definition) is 2. The fourth-order valence-electron chi connectivity index (χ4n) is 2.08. The summed E-state index contributed by atoms with van der Waals surface area (Å²) in [6.45, 7) is 5.61. The molecule has 0 unspecified atom stereocenters. The molecule has 0 heterocycles. The van der Waals surface area contributed by atoms with Crippen LogP contribution < -0.4 is 10.1 Å². The molecule has 0 fully saturated rings. The van der Waals surface area contributed by atoms with Crippen LogP contribution >= 0.6 is 11.6 Å². The molecule has 2 rings (SSSR count). The summed E-state index contributed by atoms with van der Waals surface area (Å²) in [7, 11) is 0. The zero-order chi connectivity index (χ0) is 14.4. The molecule has 0 aliphatic heterocycles. The Kier molecular flexibility index (Phi) is 5.45. The van der Waals surface area contributed by atoms with Crippen LogP contribution in [0.3, 0.4) is 0 Å². The maximum Gasteiger partial charge on any atom is 0.119 e. The molecule has 106 valence electrons. The van der Waals surface area contributed by atoms with Crippen molar-refractivity contribution in [3.63, 3.8) is 0 Å². The van der Waals surface area contributed by atoms with Crippen LogP contribution in [-0.4, -0.2) is 6.61 Å². The zero-order valence-electron chi connectivity index (χ0n) is 11.9. The summed E-state index contributed by atoms with van der Waals surface area (Å²) in [5, 5.41) is 4.29. The molecule has 0 aliphatic carbocycles. The van der Waals surface area contributed by atoms with Gasteiger partial charge in [0.25, 0.3) is 0 Å². The second-order valence-electron chi connectivity index (χ2n) is 4.70. The molecule has 0 bridgehead atoms. The van der Waals surface area contributed by atoms with Crippen LogP contribution in [0.1, 0.15) is 31.0 Å². The average molecular weight is 290 g/mol. The highest BCUT2D eigenvalue weighted by atomic mass is 35.5. The molecule has 2 nitrogen and oxygen atoms in total. The van der Waals surface area contributed by atoms with Gasteiger partial charge in [0.1, 0.15) is 5.75 Å². The predicted molar refractivity (Wildman–Crippen MR) is 84.3 cm³/mol. The van der Waals surface area contributed by atoms with Gasteiger partial charge < -0.3 is 10.1 Å².